The van der Waals surface area contributed by atoms with Gasteiger partial charge in [-0.2, -0.15) is 0 Å². The molecule has 0 bridgehead atoms. The van der Waals surface area contributed by atoms with Gasteiger partial charge in [-0.05, 0) is 0 Å². The van der Waals surface area contributed by atoms with Crippen molar-refractivity contribution in [3.8, 4) is 0 Å². The topological polar surface area (TPSA) is 26.0 Å². The smallest absolute Gasteiger partial charge is 0.277 e. The van der Waals surface area contributed by atoms with Gasteiger partial charge in [0.2, 0.25) is 0 Å². The molecule has 1 aromatic rings. The lowest BCUT2D eigenvalue weighted by molar-refractivity contribution is -0.0331. The molecule has 0 aliphatic heterocycles. The lowest BCUT2D eigenvalue weighted by atomic mass is 10.1. The fourth-order valence-corrected chi connectivity index (χ4v) is 1.04. The first-order chi connectivity index (χ1) is 6.02. The van der Waals surface area contributed by atoms with Crippen LogP contribution in [0.25, 0.3) is 0 Å². The van der Waals surface area contributed by atoms with Crippen LogP contribution >= 0.6 is 0 Å². The van der Waals surface area contributed by atoms with Gasteiger partial charge in [0.15, 0.2) is 6.30 Å². The summed E-state index contributed by atoms with van der Waals surface area (Å²) in [6.07, 6.45) is -2.97. The van der Waals surface area contributed by atoms with Gasteiger partial charge in [-0.25, -0.2) is 13.2 Å². The van der Waals surface area contributed by atoms with Gasteiger partial charge in [-0.1, -0.05) is 30.3 Å². The van der Waals surface area contributed by atoms with Crippen LogP contribution in [0, 0.1) is 0 Å². The lowest BCUT2D eigenvalue weighted by Gasteiger charge is -2.16. The van der Waals surface area contributed by atoms with Crippen molar-refractivity contribution in [1.82, 2.24) is 0 Å². The molecule has 1 unspecified atom stereocenters. The monoisotopic (exact) mass is 189 g/mol. The highest BCUT2D eigenvalue weighted by atomic mass is 19.3. The second-order valence-corrected chi connectivity index (χ2v) is 2.79. The molecule has 0 radical (unpaired) electrons. The van der Waals surface area contributed by atoms with Crippen molar-refractivity contribution < 1.29 is 13.2 Å². The summed E-state index contributed by atoms with van der Waals surface area (Å²) in [5.41, 5.74) is 4.46. The second-order valence-electron chi connectivity index (χ2n) is 2.79. The third kappa shape index (κ3) is 2.73. The van der Waals surface area contributed by atoms with Crippen molar-refractivity contribution >= 4 is 0 Å². The van der Waals surface area contributed by atoms with Crippen LogP contribution in [-0.4, -0.2) is 6.30 Å². The average molecular weight is 189 g/mol. The molecule has 0 saturated carbocycles. The molecule has 1 nitrogen and oxygen atoms in total. The minimum Gasteiger partial charge on any atom is -0.302 e. The van der Waals surface area contributed by atoms with E-state index in [-0.39, 0.29) is 5.56 Å². The molecule has 0 aliphatic carbocycles. The van der Waals surface area contributed by atoms with E-state index in [4.69, 9.17) is 0 Å². The van der Waals surface area contributed by atoms with Gasteiger partial charge in [0.25, 0.3) is 5.92 Å². The molecule has 0 aliphatic rings. The summed E-state index contributed by atoms with van der Waals surface area (Å²) >= 11 is 0. The molecule has 0 aromatic heterocycles. The Morgan fingerprint density at radius 1 is 1.23 bits per heavy atom. The number of benzene rings is 1. The molecule has 72 valence electrons. The zero-order chi connectivity index (χ0) is 9.90. The Labute approximate surface area is 74.4 Å². The first kappa shape index (κ1) is 10.1. The lowest BCUT2D eigenvalue weighted by Crippen LogP contribution is -2.25. The Balaban J connectivity index is 2.81. The zero-order valence-electron chi connectivity index (χ0n) is 6.88. The van der Waals surface area contributed by atoms with E-state index >= 15 is 0 Å². The molecule has 1 atom stereocenters. The molecule has 0 amide bonds. The molecule has 0 spiro atoms. The van der Waals surface area contributed by atoms with Crippen molar-refractivity contribution in [2.75, 3.05) is 0 Å². The van der Waals surface area contributed by atoms with Crippen molar-refractivity contribution in [1.29, 1.82) is 0 Å². The van der Waals surface area contributed by atoms with E-state index in [0.29, 0.717) is 0 Å². The van der Waals surface area contributed by atoms with Crippen molar-refractivity contribution in [2.24, 2.45) is 5.73 Å². The molecule has 1 rings (SSSR count). The molecular formula is C9H10F3N. The van der Waals surface area contributed by atoms with E-state index in [1.165, 1.54) is 24.3 Å². The highest BCUT2D eigenvalue weighted by Crippen LogP contribution is 2.32. The van der Waals surface area contributed by atoms with Crippen LogP contribution in [0.2, 0.25) is 0 Å². The average Bonchev–Trinajstić information content (AvgIpc) is 2.04. The molecule has 4 heteroatoms. The van der Waals surface area contributed by atoms with Crippen LogP contribution in [-0.2, 0) is 5.92 Å². The van der Waals surface area contributed by atoms with Crippen LogP contribution in [0.4, 0.5) is 13.2 Å². The Hall–Kier alpha value is -1.03. The van der Waals surface area contributed by atoms with Crippen LogP contribution < -0.4 is 5.73 Å². The zero-order valence-corrected chi connectivity index (χ0v) is 6.88. The van der Waals surface area contributed by atoms with Gasteiger partial charge in [-0.15, -0.1) is 0 Å². The van der Waals surface area contributed by atoms with Gasteiger partial charge < -0.3 is 5.73 Å². The van der Waals surface area contributed by atoms with E-state index in [1.807, 2.05) is 0 Å². The molecule has 1 aromatic carbocycles. The SMILES string of the molecule is NC(F)CC(F)(F)c1ccccc1. The fourth-order valence-electron chi connectivity index (χ4n) is 1.04. The Bertz CT molecular complexity index is 259. The fraction of sp³-hybridized carbons (Fsp3) is 0.333. The Morgan fingerprint density at radius 2 is 1.77 bits per heavy atom. The summed E-state index contributed by atoms with van der Waals surface area (Å²) in [6, 6.07) is 7.08. The normalized spacial score (nSPS) is 14.2. The summed E-state index contributed by atoms with van der Waals surface area (Å²) in [4.78, 5) is 0. The standard InChI is InChI=1S/C9H10F3N/c10-8(13)6-9(11,12)7-4-2-1-3-5-7/h1-5,8H,6,13H2. The maximum absolute atomic E-state index is 13.1. The van der Waals surface area contributed by atoms with E-state index in [1.54, 1.807) is 6.07 Å². The third-order valence-electron chi connectivity index (χ3n) is 1.65. The molecular weight excluding hydrogens is 179 g/mol. The van der Waals surface area contributed by atoms with Crippen LogP contribution in [0.3, 0.4) is 0 Å². The molecule has 13 heavy (non-hydrogen) atoms. The predicted molar refractivity (Wildman–Crippen MR) is 44.0 cm³/mol. The van der Waals surface area contributed by atoms with Crippen molar-refractivity contribution in [3.63, 3.8) is 0 Å². The number of hydrogen-bond acceptors (Lipinski definition) is 1. The van der Waals surface area contributed by atoms with Gasteiger partial charge in [-0.3, -0.25) is 0 Å². The summed E-state index contributed by atoms with van der Waals surface area (Å²) in [5, 5.41) is 0. The van der Waals surface area contributed by atoms with E-state index in [0.717, 1.165) is 0 Å². The van der Waals surface area contributed by atoms with Gasteiger partial charge in [0.1, 0.15) is 0 Å². The first-order valence-corrected chi connectivity index (χ1v) is 3.85. The van der Waals surface area contributed by atoms with Crippen LogP contribution in [0.15, 0.2) is 30.3 Å². The number of nitrogens with two attached hydrogens (primary N) is 1. The molecule has 0 fully saturated rings. The maximum atomic E-state index is 13.1. The number of rotatable bonds is 3. The molecule has 2 N–H and O–H groups in total. The Kier molecular flexibility index (Phi) is 2.93. The highest BCUT2D eigenvalue weighted by molar-refractivity contribution is 5.19. The number of alkyl halides is 3. The predicted octanol–water partition coefficient (Wildman–Crippen LogP) is 2.42. The van der Waals surface area contributed by atoms with Crippen LogP contribution in [0.1, 0.15) is 12.0 Å². The van der Waals surface area contributed by atoms with E-state index < -0.39 is 18.6 Å². The maximum Gasteiger partial charge on any atom is 0.277 e. The van der Waals surface area contributed by atoms with Gasteiger partial charge >= 0.3 is 0 Å². The van der Waals surface area contributed by atoms with E-state index in [9.17, 15) is 13.2 Å². The minimum absolute atomic E-state index is 0.205. The molecule has 0 heterocycles. The minimum atomic E-state index is -3.19. The number of hydrogen-bond donors (Lipinski definition) is 1. The highest BCUT2D eigenvalue weighted by Gasteiger charge is 2.33. The Morgan fingerprint density at radius 3 is 2.23 bits per heavy atom. The number of halogens is 3. The summed E-state index contributed by atoms with van der Waals surface area (Å²) < 4.78 is 38.4. The second kappa shape index (κ2) is 3.79. The van der Waals surface area contributed by atoms with Crippen molar-refractivity contribution in [3.05, 3.63) is 35.9 Å². The summed E-state index contributed by atoms with van der Waals surface area (Å²) in [6.45, 7) is 0. The van der Waals surface area contributed by atoms with Gasteiger partial charge in [0, 0.05) is 5.56 Å². The van der Waals surface area contributed by atoms with E-state index in [2.05, 4.69) is 5.73 Å². The third-order valence-corrected chi connectivity index (χ3v) is 1.65. The summed E-state index contributed by atoms with van der Waals surface area (Å²) in [5.74, 6) is -3.19. The van der Waals surface area contributed by atoms with Gasteiger partial charge in [0.05, 0.1) is 6.42 Å². The van der Waals surface area contributed by atoms with Crippen molar-refractivity contribution in [2.45, 2.75) is 18.6 Å². The largest absolute Gasteiger partial charge is 0.302 e. The summed E-state index contributed by atoms with van der Waals surface area (Å²) in [7, 11) is 0. The quantitative estimate of drug-likeness (QED) is 0.726. The molecule has 0 saturated heterocycles. The van der Waals surface area contributed by atoms with Crippen LogP contribution in [0.5, 0.6) is 0 Å². The first-order valence-electron chi connectivity index (χ1n) is 3.85.